The van der Waals surface area contributed by atoms with Crippen LogP contribution in [-0.4, -0.2) is 23.3 Å². The number of nitrogens with zero attached hydrogens (tertiary/aromatic N) is 2. The van der Waals surface area contributed by atoms with E-state index in [1.54, 1.807) is 24.3 Å². The van der Waals surface area contributed by atoms with Gasteiger partial charge >= 0.3 is 0 Å². The molecule has 6 heteroatoms. The maximum absolute atomic E-state index is 12.0. The van der Waals surface area contributed by atoms with Crippen LogP contribution in [0, 0.1) is 18.3 Å². The van der Waals surface area contributed by atoms with Crippen molar-refractivity contribution in [2.24, 2.45) is 0 Å². The van der Waals surface area contributed by atoms with Crippen LogP contribution in [0.3, 0.4) is 0 Å². The van der Waals surface area contributed by atoms with Crippen molar-refractivity contribution < 1.29 is 9.53 Å². The summed E-state index contributed by atoms with van der Waals surface area (Å²) in [5.41, 5.74) is 2.00. The van der Waals surface area contributed by atoms with Crippen LogP contribution < -0.4 is 10.1 Å². The van der Waals surface area contributed by atoms with Gasteiger partial charge < -0.3 is 10.1 Å². The number of aromatic nitrogens is 1. The molecule has 0 aliphatic carbocycles. The Balaban J connectivity index is 1.93. The maximum Gasteiger partial charge on any atom is 0.234 e. The van der Waals surface area contributed by atoms with E-state index >= 15 is 0 Å². The van der Waals surface area contributed by atoms with Gasteiger partial charge in [0.25, 0.3) is 0 Å². The number of hydrogen-bond acceptors (Lipinski definition) is 5. The van der Waals surface area contributed by atoms with Crippen LogP contribution in [0.1, 0.15) is 18.2 Å². The summed E-state index contributed by atoms with van der Waals surface area (Å²) < 4.78 is 5.35. The van der Waals surface area contributed by atoms with Crippen molar-refractivity contribution in [2.45, 2.75) is 18.9 Å². The third-order valence-corrected chi connectivity index (χ3v) is 3.90. The Morgan fingerprint density at radius 2 is 2.04 bits per heavy atom. The van der Waals surface area contributed by atoms with Gasteiger partial charge in [0.2, 0.25) is 5.91 Å². The lowest BCUT2D eigenvalue weighted by molar-refractivity contribution is -0.113. The average molecular weight is 327 g/mol. The lowest BCUT2D eigenvalue weighted by atomic mass is 10.3. The minimum absolute atomic E-state index is 0.147. The number of anilines is 1. The topological polar surface area (TPSA) is 75.0 Å². The number of ether oxygens (including phenoxy) is 1. The number of rotatable bonds is 6. The number of aryl methyl sites for hydroxylation is 1. The van der Waals surface area contributed by atoms with E-state index in [4.69, 9.17) is 10.00 Å². The van der Waals surface area contributed by atoms with Gasteiger partial charge in [-0.05, 0) is 50.2 Å². The second-order valence-corrected chi connectivity index (χ2v) is 5.68. The summed E-state index contributed by atoms with van der Waals surface area (Å²) in [6.45, 7) is 4.38. The molecule has 2 aromatic rings. The number of carbonyl (C=O) groups excluding carboxylic acids is 1. The third-order valence-electron chi connectivity index (χ3n) is 2.91. The molecule has 1 aromatic carbocycles. The van der Waals surface area contributed by atoms with Crippen molar-refractivity contribution in [1.82, 2.24) is 4.98 Å². The van der Waals surface area contributed by atoms with E-state index in [1.165, 1.54) is 11.8 Å². The van der Waals surface area contributed by atoms with Crippen LogP contribution in [0.15, 0.2) is 41.4 Å². The van der Waals surface area contributed by atoms with Gasteiger partial charge in [0.15, 0.2) is 0 Å². The SMILES string of the molecule is CCOc1ccc(NC(=O)CSc2nc(C)ccc2C#N)cc1. The highest BCUT2D eigenvalue weighted by molar-refractivity contribution is 8.00. The second kappa shape index (κ2) is 8.20. The van der Waals surface area contributed by atoms with Gasteiger partial charge in [-0.25, -0.2) is 4.98 Å². The van der Waals surface area contributed by atoms with Crippen molar-refractivity contribution in [2.75, 3.05) is 17.7 Å². The predicted octanol–water partition coefficient (Wildman–Crippen LogP) is 3.39. The molecule has 1 heterocycles. The first-order valence-electron chi connectivity index (χ1n) is 7.15. The molecule has 0 spiro atoms. The molecule has 1 amide bonds. The minimum atomic E-state index is -0.147. The molecule has 0 saturated carbocycles. The van der Waals surface area contributed by atoms with Crippen molar-refractivity contribution in [3.8, 4) is 11.8 Å². The van der Waals surface area contributed by atoms with Gasteiger partial charge in [-0.2, -0.15) is 5.26 Å². The molecule has 5 nitrogen and oxygen atoms in total. The van der Waals surface area contributed by atoms with Crippen LogP contribution in [0.2, 0.25) is 0 Å². The number of carbonyl (C=O) groups is 1. The number of thioether (sulfide) groups is 1. The number of amides is 1. The van der Waals surface area contributed by atoms with Crippen molar-refractivity contribution in [3.63, 3.8) is 0 Å². The highest BCUT2D eigenvalue weighted by Crippen LogP contribution is 2.21. The first-order valence-corrected chi connectivity index (χ1v) is 8.14. The number of nitrogens with one attached hydrogen (secondary N) is 1. The molecule has 1 aromatic heterocycles. The molecule has 0 fully saturated rings. The first kappa shape index (κ1) is 16.8. The van der Waals surface area contributed by atoms with Crippen LogP contribution in [0.4, 0.5) is 5.69 Å². The summed E-state index contributed by atoms with van der Waals surface area (Å²) in [6, 6.07) is 12.8. The monoisotopic (exact) mass is 327 g/mol. The summed E-state index contributed by atoms with van der Waals surface area (Å²) >= 11 is 1.25. The Hall–Kier alpha value is -2.52. The molecule has 0 saturated heterocycles. The van der Waals surface area contributed by atoms with Crippen LogP contribution in [0.25, 0.3) is 0 Å². The van der Waals surface area contributed by atoms with E-state index in [1.807, 2.05) is 26.0 Å². The number of pyridine rings is 1. The number of benzene rings is 1. The Morgan fingerprint density at radius 3 is 2.70 bits per heavy atom. The zero-order chi connectivity index (χ0) is 16.7. The molecule has 1 N–H and O–H groups in total. The Labute approximate surface area is 139 Å². The molecule has 0 atom stereocenters. The smallest absolute Gasteiger partial charge is 0.234 e. The van der Waals surface area contributed by atoms with Crippen LogP contribution in [-0.2, 0) is 4.79 Å². The molecular formula is C17H17N3O2S. The first-order chi connectivity index (χ1) is 11.1. The second-order valence-electron chi connectivity index (χ2n) is 4.71. The van der Waals surface area contributed by atoms with E-state index in [9.17, 15) is 4.79 Å². The normalized spacial score (nSPS) is 9.96. The van der Waals surface area contributed by atoms with Gasteiger partial charge in [-0.3, -0.25) is 4.79 Å². The largest absolute Gasteiger partial charge is 0.494 e. The zero-order valence-corrected chi connectivity index (χ0v) is 13.8. The molecule has 0 aliphatic rings. The van der Waals surface area contributed by atoms with E-state index in [0.717, 1.165) is 11.4 Å². The Morgan fingerprint density at radius 1 is 1.30 bits per heavy atom. The lowest BCUT2D eigenvalue weighted by Crippen LogP contribution is -2.14. The Kier molecular flexibility index (Phi) is 6.01. The van der Waals surface area contributed by atoms with Crippen molar-refractivity contribution in [3.05, 3.63) is 47.7 Å². The summed E-state index contributed by atoms with van der Waals surface area (Å²) in [7, 11) is 0. The summed E-state index contributed by atoms with van der Waals surface area (Å²) in [5, 5.41) is 12.4. The van der Waals surface area contributed by atoms with Gasteiger partial charge in [-0.1, -0.05) is 11.8 Å². The van der Waals surface area contributed by atoms with Gasteiger partial charge in [-0.15, -0.1) is 0 Å². The summed E-state index contributed by atoms with van der Waals surface area (Å²) in [6.07, 6.45) is 0. The molecule has 0 aliphatic heterocycles. The maximum atomic E-state index is 12.0. The van der Waals surface area contributed by atoms with E-state index in [2.05, 4.69) is 16.4 Å². The van der Waals surface area contributed by atoms with E-state index in [-0.39, 0.29) is 11.7 Å². The molecule has 0 radical (unpaired) electrons. The molecule has 2 rings (SSSR count). The van der Waals surface area contributed by atoms with Crippen LogP contribution >= 0.6 is 11.8 Å². The predicted molar refractivity (Wildman–Crippen MR) is 90.7 cm³/mol. The standard InChI is InChI=1S/C17H17N3O2S/c1-3-22-15-8-6-14(7-9-15)20-16(21)11-23-17-13(10-18)5-4-12(2)19-17/h4-9H,3,11H2,1-2H3,(H,20,21). The zero-order valence-electron chi connectivity index (χ0n) is 13.0. The van der Waals surface area contributed by atoms with Crippen molar-refractivity contribution in [1.29, 1.82) is 5.26 Å². The highest BCUT2D eigenvalue weighted by atomic mass is 32.2. The summed E-state index contributed by atoms with van der Waals surface area (Å²) in [5.74, 6) is 0.812. The van der Waals surface area contributed by atoms with Crippen molar-refractivity contribution >= 4 is 23.4 Å². The number of nitriles is 1. The van der Waals surface area contributed by atoms with Gasteiger partial charge in [0, 0.05) is 11.4 Å². The molecule has 0 bridgehead atoms. The Bertz CT molecular complexity index is 724. The minimum Gasteiger partial charge on any atom is -0.494 e. The van der Waals surface area contributed by atoms with E-state index in [0.29, 0.717) is 22.9 Å². The van der Waals surface area contributed by atoms with Gasteiger partial charge in [0.05, 0.1) is 17.9 Å². The molecule has 23 heavy (non-hydrogen) atoms. The molecule has 0 unspecified atom stereocenters. The van der Waals surface area contributed by atoms with Crippen LogP contribution in [0.5, 0.6) is 5.75 Å². The van der Waals surface area contributed by atoms with E-state index < -0.39 is 0 Å². The lowest BCUT2D eigenvalue weighted by Gasteiger charge is -2.07. The fraction of sp³-hybridized carbons (Fsp3) is 0.235. The number of hydrogen-bond donors (Lipinski definition) is 1. The van der Waals surface area contributed by atoms with Gasteiger partial charge in [0.1, 0.15) is 16.8 Å². The third kappa shape index (κ3) is 5.01. The fourth-order valence-electron chi connectivity index (χ4n) is 1.86. The average Bonchev–Trinajstić information content (AvgIpc) is 2.55. The quantitative estimate of drug-likeness (QED) is 0.823. The highest BCUT2D eigenvalue weighted by Gasteiger charge is 2.09. The fourth-order valence-corrected chi connectivity index (χ4v) is 2.68. The molecular weight excluding hydrogens is 310 g/mol. The summed E-state index contributed by atoms with van der Waals surface area (Å²) in [4.78, 5) is 16.3. The molecule has 118 valence electrons.